The first-order valence-corrected chi connectivity index (χ1v) is 5.80. The standard InChI is InChI=1S/C12H10Cl2N2O/c13-10-2-1-3-11(14)9(10)4-12(17)8-5-15-7-16-6-8/h1-3,5-7,12,17H,4H2. The van der Waals surface area contributed by atoms with Crippen LogP contribution in [-0.4, -0.2) is 15.1 Å². The zero-order valence-electron chi connectivity index (χ0n) is 8.85. The molecule has 1 aromatic heterocycles. The zero-order valence-corrected chi connectivity index (χ0v) is 10.4. The fourth-order valence-electron chi connectivity index (χ4n) is 1.52. The third-order valence-electron chi connectivity index (χ3n) is 2.42. The van der Waals surface area contributed by atoms with Crippen LogP contribution >= 0.6 is 23.2 Å². The van der Waals surface area contributed by atoms with Gasteiger partial charge in [-0.3, -0.25) is 0 Å². The molecule has 17 heavy (non-hydrogen) atoms. The van der Waals surface area contributed by atoms with E-state index in [1.165, 1.54) is 6.33 Å². The van der Waals surface area contributed by atoms with E-state index in [9.17, 15) is 5.11 Å². The summed E-state index contributed by atoms with van der Waals surface area (Å²) in [5.74, 6) is 0. The summed E-state index contributed by atoms with van der Waals surface area (Å²) >= 11 is 12.1. The van der Waals surface area contributed by atoms with Crippen molar-refractivity contribution in [1.82, 2.24) is 9.97 Å². The van der Waals surface area contributed by atoms with Crippen LogP contribution in [0.2, 0.25) is 10.0 Å². The maximum absolute atomic E-state index is 10.0. The molecule has 1 aromatic carbocycles. The summed E-state index contributed by atoms with van der Waals surface area (Å²) in [5.41, 5.74) is 1.37. The Morgan fingerprint density at radius 1 is 1.12 bits per heavy atom. The van der Waals surface area contributed by atoms with E-state index in [2.05, 4.69) is 9.97 Å². The SMILES string of the molecule is OC(Cc1c(Cl)cccc1Cl)c1cncnc1. The molecule has 3 nitrogen and oxygen atoms in total. The third-order valence-corrected chi connectivity index (χ3v) is 3.13. The third kappa shape index (κ3) is 2.94. The minimum absolute atomic E-state index is 0.339. The van der Waals surface area contributed by atoms with E-state index in [4.69, 9.17) is 23.2 Å². The van der Waals surface area contributed by atoms with E-state index in [0.29, 0.717) is 22.0 Å². The molecule has 0 saturated carbocycles. The Morgan fingerprint density at radius 3 is 2.29 bits per heavy atom. The molecule has 1 unspecified atom stereocenters. The van der Waals surface area contributed by atoms with Gasteiger partial charge in [-0.05, 0) is 17.7 Å². The number of halogens is 2. The predicted octanol–water partition coefficient (Wildman–Crippen LogP) is 3.06. The van der Waals surface area contributed by atoms with E-state index < -0.39 is 6.10 Å². The van der Waals surface area contributed by atoms with Gasteiger partial charge in [0.15, 0.2) is 0 Å². The van der Waals surface area contributed by atoms with Crippen LogP contribution in [0, 0.1) is 0 Å². The molecule has 0 amide bonds. The molecule has 1 atom stereocenters. The average molecular weight is 269 g/mol. The van der Waals surface area contributed by atoms with Gasteiger partial charge in [-0.2, -0.15) is 0 Å². The summed E-state index contributed by atoms with van der Waals surface area (Å²) in [4.78, 5) is 7.71. The van der Waals surface area contributed by atoms with Crippen LogP contribution in [-0.2, 0) is 6.42 Å². The number of aliphatic hydroxyl groups excluding tert-OH is 1. The number of benzene rings is 1. The number of hydrogen-bond donors (Lipinski definition) is 1. The van der Waals surface area contributed by atoms with Crippen molar-refractivity contribution in [2.75, 3.05) is 0 Å². The van der Waals surface area contributed by atoms with Crippen LogP contribution in [0.4, 0.5) is 0 Å². The number of aromatic nitrogens is 2. The van der Waals surface area contributed by atoms with Crippen molar-refractivity contribution in [1.29, 1.82) is 0 Å². The number of hydrogen-bond acceptors (Lipinski definition) is 3. The molecular weight excluding hydrogens is 259 g/mol. The summed E-state index contributed by atoms with van der Waals surface area (Å²) in [5, 5.41) is 11.1. The fourth-order valence-corrected chi connectivity index (χ4v) is 2.07. The quantitative estimate of drug-likeness (QED) is 0.931. The van der Waals surface area contributed by atoms with Crippen LogP contribution in [0.15, 0.2) is 36.9 Å². The topological polar surface area (TPSA) is 46.0 Å². The van der Waals surface area contributed by atoms with Gasteiger partial charge < -0.3 is 5.11 Å². The molecule has 88 valence electrons. The largest absolute Gasteiger partial charge is 0.388 e. The van der Waals surface area contributed by atoms with E-state index in [1.807, 2.05) is 0 Å². The second kappa shape index (κ2) is 5.45. The molecule has 2 rings (SSSR count). The first-order chi connectivity index (χ1) is 8.18. The van der Waals surface area contributed by atoms with Crippen molar-refractivity contribution in [2.24, 2.45) is 0 Å². The zero-order chi connectivity index (χ0) is 12.3. The number of nitrogens with zero attached hydrogens (tertiary/aromatic N) is 2. The van der Waals surface area contributed by atoms with Crippen LogP contribution < -0.4 is 0 Å². The smallest absolute Gasteiger partial charge is 0.115 e. The summed E-state index contributed by atoms with van der Waals surface area (Å²) < 4.78 is 0. The maximum atomic E-state index is 10.0. The summed E-state index contributed by atoms with van der Waals surface area (Å²) in [7, 11) is 0. The minimum Gasteiger partial charge on any atom is -0.388 e. The van der Waals surface area contributed by atoms with E-state index in [1.54, 1.807) is 30.6 Å². The molecule has 1 N–H and O–H groups in total. The summed E-state index contributed by atoms with van der Waals surface area (Å²) in [6, 6.07) is 5.26. The lowest BCUT2D eigenvalue weighted by Crippen LogP contribution is -2.03. The molecule has 5 heteroatoms. The molecular formula is C12H10Cl2N2O. The van der Waals surface area contributed by atoms with Crippen molar-refractivity contribution in [3.63, 3.8) is 0 Å². The lowest BCUT2D eigenvalue weighted by Gasteiger charge is -2.12. The Hall–Kier alpha value is -1.16. The molecule has 0 aliphatic heterocycles. The molecule has 0 spiro atoms. The Bertz CT molecular complexity index is 485. The molecule has 0 aliphatic rings. The van der Waals surface area contributed by atoms with Gasteiger partial charge in [-0.1, -0.05) is 29.3 Å². The Labute approximate surface area is 109 Å². The minimum atomic E-state index is -0.714. The molecule has 0 saturated heterocycles. The molecule has 1 heterocycles. The Balaban J connectivity index is 2.22. The van der Waals surface area contributed by atoms with Crippen molar-refractivity contribution < 1.29 is 5.11 Å². The maximum Gasteiger partial charge on any atom is 0.115 e. The second-order valence-electron chi connectivity index (χ2n) is 3.59. The first-order valence-electron chi connectivity index (χ1n) is 5.04. The number of aliphatic hydroxyl groups is 1. The van der Waals surface area contributed by atoms with Crippen LogP contribution in [0.5, 0.6) is 0 Å². The predicted molar refractivity (Wildman–Crippen MR) is 67.2 cm³/mol. The normalized spacial score (nSPS) is 12.4. The van der Waals surface area contributed by atoms with Crippen LogP contribution in [0.1, 0.15) is 17.2 Å². The summed E-state index contributed by atoms with van der Waals surface area (Å²) in [6.45, 7) is 0. The highest BCUT2D eigenvalue weighted by Crippen LogP contribution is 2.28. The van der Waals surface area contributed by atoms with Crippen molar-refractivity contribution in [2.45, 2.75) is 12.5 Å². The lowest BCUT2D eigenvalue weighted by atomic mass is 10.0. The molecule has 0 fully saturated rings. The lowest BCUT2D eigenvalue weighted by molar-refractivity contribution is 0.177. The Morgan fingerprint density at radius 2 is 1.71 bits per heavy atom. The molecule has 0 radical (unpaired) electrons. The van der Waals surface area contributed by atoms with Gasteiger partial charge in [0.25, 0.3) is 0 Å². The van der Waals surface area contributed by atoms with E-state index >= 15 is 0 Å². The van der Waals surface area contributed by atoms with Gasteiger partial charge in [0.05, 0.1) is 6.10 Å². The van der Waals surface area contributed by atoms with Crippen molar-refractivity contribution >= 4 is 23.2 Å². The monoisotopic (exact) mass is 268 g/mol. The highest BCUT2D eigenvalue weighted by Gasteiger charge is 2.13. The summed E-state index contributed by atoms with van der Waals surface area (Å²) in [6.07, 6.45) is 4.18. The van der Waals surface area contributed by atoms with E-state index in [0.717, 1.165) is 5.56 Å². The molecule has 0 bridgehead atoms. The first kappa shape index (κ1) is 12.3. The molecule has 0 aliphatic carbocycles. The van der Waals surface area contributed by atoms with E-state index in [-0.39, 0.29) is 0 Å². The Kier molecular flexibility index (Phi) is 3.94. The highest BCUT2D eigenvalue weighted by molar-refractivity contribution is 6.35. The highest BCUT2D eigenvalue weighted by atomic mass is 35.5. The van der Waals surface area contributed by atoms with Gasteiger partial charge in [-0.15, -0.1) is 0 Å². The van der Waals surface area contributed by atoms with Crippen LogP contribution in [0.3, 0.4) is 0 Å². The van der Waals surface area contributed by atoms with Gasteiger partial charge >= 0.3 is 0 Å². The van der Waals surface area contributed by atoms with Gasteiger partial charge in [0.1, 0.15) is 6.33 Å². The van der Waals surface area contributed by atoms with Gasteiger partial charge in [0.2, 0.25) is 0 Å². The van der Waals surface area contributed by atoms with Crippen LogP contribution in [0.25, 0.3) is 0 Å². The number of rotatable bonds is 3. The average Bonchev–Trinajstić information content (AvgIpc) is 2.35. The van der Waals surface area contributed by atoms with Crippen molar-refractivity contribution in [3.05, 3.63) is 58.1 Å². The second-order valence-corrected chi connectivity index (χ2v) is 4.41. The van der Waals surface area contributed by atoms with Gasteiger partial charge in [-0.25, -0.2) is 9.97 Å². The van der Waals surface area contributed by atoms with Gasteiger partial charge in [0, 0.05) is 34.4 Å². The van der Waals surface area contributed by atoms with Crippen molar-refractivity contribution in [3.8, 4) is 0 Å². The molecule has 2 aromatic rings. The fraction of sp³-hybridized carbons (Fsp3) is 0.167.